The van der Waals surface area contributed by atoms with E-state index in [0.717, 1.165) is 70.3 Å². The number of nitrogens with one attached hydrogen (secondary N) is 2. The second-order valence-electron chi connectivity index (χ2n) is 9.04. The highest BCUT2D eigenvalue weighted by Crippen LogP contribution is 2.40. The van der Waals surface area contributed by atoms with Crippen LogP contribution in [0.3, 0.4) is 0 Å². The van der Waals surface area contributed by atoms with Gasteiger partial charge in [0.05, 0.1) is 24.4 Å². The van der Waals surface area contributed by atoms with Crippen LogP contribution in [0.1, 0.15) is 49.4 Å². The molecule has 1 amide bonds. The van der Waals surface area contributed by atoms with Crippen molar-refractivity contribution in [2.24, 2.45) is 0 Å². The van der Waals surface area contributed by atoms with Crippen molar-refractivity contribution in [1.82, 2.24) is 15.3 Å². The summed E-state index contributed by atoms with van der Waals surface area (Å²) in [7, 11) is 3.29. The molecule has 0 saturated heterocycles. The van der Waals surface area contributed by atoms with Crippen LogP contribution in [0.4, 0.5) is 0 Å². The number of likely N-dealkylation sites (N-methyl/N-ethyl adjacent to an activating group) is 1. The molecule has 0 fully saturated rings. The Balaban J connectivity index is 1.62. The fourth-order valence-corrected chi connectivity index (χ4v) is 4.82. The van der Waals surface area contributed by atoms with E-state index in [-0.39, 0.29) is 5.91 Å². The van der Waals surface area contributed by atoms with Gasteiger partial charge in [-0.25, -0.2) is 4.98 Å². The highest BCUT2D eigenvalue weighted by Gasteiger charge is 2.20. The predicted octanol–water partition coefficient (Wildman–Crippen LogP) is 7.45. The Hall–Kier alpha value is -4.03. The molecule has 6 nitrogen and oxygen atoms in total. The number of aromatic nitrogens is 2. The molecule has 7 heteroatoms. The normalized spacial score (nSPS) is 12.0. The van der Waals surface area contributed by atoms with E-state index < -0.39 is 0 Å². The number of pyridine rings is 1. The first-order valence-corrected chi connectivity index (χ1v) is 13.5. The van der Waals surface area contributed by atoms with Gasteiger partial charge >= 0.3 is 0 Å². The molecule has 0 aliphatic rings. The first-order chi connectivity index (χ1) is 19.0. The van der Waals surface area contributed by atoms with Crippen molar-refractivity contribution in [2.75, 3.05) is 20.8 Å². The van der Waals surface area contributed by atoms with E-state index in [1.807, 2.05) is 66.9 Å². The SMILES string of the molecule is CC/C(=C(/c1ccc(OCCCC/C=C/C(=O)NC)nc1)c1[nH]c2ccccc2c1Cl)c1cccc(OC)c1. The van der Waals surface area contributed by atoms with Gasteiger partial charge in [-0.05, 0) is 67.2 Å². The van der Waals surface area contributed by atoms with E-state index in [9.17, 15) is 4.79 Å². The third kappa shape index (κ3) is 6.89. The van der Waals surface area contributed by atoms with Crippen molar-refractivity contribution in [3.05, 3.63) is 101 Å². The number of halogens is 1. The number of amides is 1. The molecule has 4 aromatic rings. The number of aromatic amines is 1. The van der Waals surface area contributed by atoms with Crippen molar-refractivity contribution in [2.45, 2.75) is 32.6 Å². The number of nitrogens with zero attached hydrogens (tertiary/aromatic N) is 1. The molecule has 0 bridgehead atoms. The lowest BCUT2D eigenvalue weighted by Gasteiger charge is -2.16. The van der Waals surface area contributed by atoms with Crippen LogP contribution in [-0.4, -0.2) is 36.6 Å². The summed E-state index contributed by atoms with van der Waals surface area (Å²) in [6, 6.07) is 20.0. The number of para-hydroxylation sites is 1. The highest BCUT2D eigenvalue weighted by atomic mass is 35.5. The summed E-state index contributed by atoms with van der Waals surface area (Å²) >= 11 is 6.96. The largest absolute Gasteiger partial charge is 0.497 e. The number of carbonyl (C=O) groups excluding carboxylic acids is 1. The summed E-state index contributed by atoms with van der Waals surface area (Å²) in [5.41, 5.74) is 5.96. The number of benzene rings is 2. The second-order valence-corrected chi connectivity index (χ2v) is 9.42. The molecule has 0 aliphatic heterocycles. The summed E-state index contributed by atoms with van der Waals surface area (Å²) in [6.45, 7) is 2.70. The maximum Gasteiger partial charge on any atom is 0.243 e. The molecule has 0 unspecified atom stereocenters. The third-order valence-corrected chi connectivity index (χ3v) is 6.91. The molecular weight excluding hydrogens is 510 g/mol. The molecule has 2 aromatic carbocycles. The van der Waals surface area contributed by atoms with Crippen LogP contribution in [0.2, 0.25) is 5.02 Å². The number of methoxy groups -OCH3 is 1. The molecule has 2 N–H and O–H groups in total. The van der Waals surface area contributed by atoms with Gasteiger partial charge in [-0.1, -0.05) is 54.9 Å². The van der Waals surface area contributed by atoms with Gasteiger partial charge in [-0.15, -0.1) is 0 Å². The standard InChI is InChI=1S/C32H34ClN3O3/c1-4-25(22-12-11-13-24(20-22)38-3)30(32-31(33)26-14-8-9-15-27(26)36-32)23-17-18-29(35-21-23)39-19-10-6-5-7-16-28(37)34-2/h7-9,11-18,20-21,36H,4-6,10,19H2,1-3H3,(H,34,37)/b16-7+,30-25+. The van der Waals surface area contributed by atoms with Gasteiger partial charge in [0.2, 0.25) is 11.8 Å². The molecular formula is C32H34ClN3O3. The topological polar surface area (TPSA) is 76.2 Å². The maximum atomic E-state index is 11.2. The van der Waals surface area contributed by atoms with Crippen LogP contribution in [0.15, 0.2) is 79.0 Å². The number of carbonyl (C=O) groups is 1. The van der Waals surface area contributed by atoms with Gasteiger partial charge in [0, 0.05) is 41.4 Å². The summed E-state index contributed by atoms with van der Waals surface area (Å²) in [6.07, 6.45) is 8.68. The summed E-state index contributed by atoms with van der Waals surface area (Å²) in [5.74, 6) is 1.28. The minimum atomic E-state index is -0.0877. The average Bonchev–Trinajstić information content (AvgIpc) is 3.31. The zero-order valence-electron chi connectivity index (χ0n) is 22.6. The molecule has 4 rings (SSSR count). The Kier molecular flexibility index (Phi) is 9.81. The molecule has 0 radical (unpaired) electrons. The number of unbranched alkanes of at least 4 members (excludes halogenated alkanes) is 2. The molecule has 0 atom stereocenters. The van der Waals surface area contributed by atoms with E-state index in [1.54, 1.807) is 20.2 Å². The maximum absolute atomic E-state index is 11.2. The van der Waals surface area contributed by atoms with Crippen LogP contribution in [-0.2, 0) is 4.79 Å². The van der Waals surface area contributed by atoms with Gasteiger partial charge < -0.3 is 19.8 Å². The Labute approximate surface area is 234 Å². The number of hydrogen-bond donors (Lipinski definition) is 2. The molecule has 0 aliphatic carbocycles. The summed E-state index contributed by atoms with van der Waals surface area (Å²) in [4.78, 5) is 19.4. The van der Waals surface area contributed by atoms with Gasteiger partial charge in [-0.2, -0.15) is 0 Å². The fraction of sp³-hybridized carbons (Fsp3) is 0.250. The summed E-state index contributed by atoms with van der Waals surface area (Å²) < 4.78 is 11.4. The first kappa shape index (κ1) is 28.0. The van der Waals surface area contributed by atoms with Crippen molar-refractivity contribution in [3.8, 4) is 11.6 Å². The fourth-order valence-electron chi connectivity index (χ4n) is 4.51. The number of rotatable bonds is 12. The molecule has 0 spiro atoms. The lowest BCUT2D eigenvalue weighted by atomic mass is 9.91. The van der Waals surface area contributed by atoms with Crippen molar-refractivity contribution >= 4 is 39.6 Å². The van der Waals surface area contributed by atoms with Gasteiger partial charge in [0.1, 0.15) is 5.75 Å². The van der Waals surface area contributed by atoms with Gasteiger partial charge in [-0.3, -0.25) is 4.79 Å². The number of H-pyrrole nitrogens is 1. The Bertz CT molecular complexity index is 1470. The van der Waals surface area contributed by atoms with E-state index >= 15 is 0 Å². The predicted molar refractivity (Wildman–Crippen MR) is 159 cm³/mol. The smallest absolute Gasteiger partial charge is 0.243 e. The molecule has 2 aromatic heterocycles. The van der Waals surface area contributed by atoms with E-state index in [0.29, 0.717) is 17.5 Å². The van der Waals surface area contributed by atoms with Crippen LogP contribution in [0.5, 0.6) is 11.6 Å². The number of fused-ring (bicyclic) bond motifs is 1. The Morgan fingerprint density at radius 1 is 1.08 bits per heavy atom. The van der Waals surface area contributed by atoms with Crippen LogP contribution >= 0.6 is 11.6 Å². The minimum absolute atomic E-state index is 0.0877. The molecule has 202 valence electrons. The van der Waals surface area contributed by atoms with Gasteiger partial charge in [0.15, 0.2) is 0 Å². The molecule has 0 saturated carbocycles. The van der Waals surface area contributed by atoms with Crippen molar-refractivity contribution in [1.29, 1.82) is 0 Å². The first-order valence-electron chi connectivity index (χ1n) is 13.2. The van der Waals surface area contributed by atoms with Crippen LogP contribution in [0, 0.1) is 0 Å². The third-order valence-electron chi connectivity index (χ3n) is 6.52. The Morgan fingerprint density at radius 3 is 2.64 bits per heavy atom. The monoisotopic (exact) mass is 543 g/mol. The van der Waals surface area contributed by atoms with Crippen molar-refractivity contribution in [3.63, 3.8) is 0 Å². The number of allylic oxidation sites excluding steroid dienone is 2. The van der Waals surface area contributed by atoms with Gasteiger partial charge in [0.25, 0.3) is 0 Å². The quantitative estimate of drug-likeness (QED) is 0.144. The lowest BCUT2D eigenvalue weighted by molar-refractivity contribution is -0.116. The Morgan fingerprint density at radius 2 is 1.92 bits per heavy atom. The summed E-state index contributed by atoms with van der Waals surface area (Å²) in [5, 5.41) is 4.23. The van der Waals surface area contributed by atoms with E-state index in [2.05, 4.69) is 28.3 Å². The average molecular weight is 544 g/mol. The lowest BCUT2D eigenvalue weighted by Crippen LogP contribution is -2.13. The molecule has 2 heterocycles. The number of hydrogen-bond acceptors (Lipinski definition) is 4. The highest BCUT2D eigenvalue weighted by molar-refractivity contribution is 6.38. The zero-order chi connectivity index (χ0) is 27.6. The minimum Gasteiger partial charge on any atom is -0.497 e. The van der Waals surface area contributed by atoms with Crippen molar-refractivity contribution < 1.29 is 14.3 Å². The second kappa shape index (κ2) is 13.7. The zero-order valence-corrected chi connectivity index (χ0v) is 23.3. The molecule has 39 heavy (non-hydrogen) atoms. The number of ether oxygens (including phenoxy) is 2. The van der Waals surface area contributed by atoms with Crippen LogP contribution in [0.25, 0.3) is 22.0 Å². The van der Waals surface area contributed by atoms with Crippen LogP contribution < -0.4 is 14.8 Å². The van der Waals surface area contributed by atoms with E-state index in [1.165, 1.54) is 0 Å². The van der Waals surface area contributed by atoms with E-state index in [4.69, 9.17) is 21.1 Å².